The lowest BCUT2D eigenvalue weighted by Crippen LogP contribution is -2.45. The monoisotopic (exact) mass is 394 g/mol. The number of rotatable bonds is 6. The van der Waals surface area contributed by atoms with Crippen LogP contribution in [0, 0.1) is 0 Å². The quantitative estimate of drug-likeness (QED) is 0.427. The maximum absolute atomic E-state index is 13.2. The summed E-state index contributed by atoms with van der Waals surface area (Å²) in [5, 5.41) is 0. The van der Waals surface area contributed by atoms with Gasteiger partial charge < -0.3 is 9.47 Å². The Morgan fingerprint density at radius 3 is 2.52 bits per heavy atom. The van der Waals surface area contributed by atoms with Gasteiger partial charge >= 0.3 is 5.97 Å². The molecule has 0 unspecified atom stereocenters. The summed E-state index contributed by atoms with van der Waals surface area (Å²) in [7, 11) is 1.28. The number of carbonyl (C=O) groups is 3. The van der Waals surface area contributed by atoms with Gasteiger partial charge in [-0.3, -0.25) is 14.6 Å². The van der Waals surface area contributed by atoms with Gasteiger partial charge in [-0.2, -0.15) is 0 Å². The molecule has 0 aromatic heterocycles. The minimum atomic E-state index is -0.789. The molecule has 1 aliphatic rings. The molecule has 0 radical (unpaired) electrons. The Morgan fingerprint density at radius 1 is 1.17 bits per heavy atom. The Bertz CT molecular complexity index is 952. The van der Waals surface area contributed by atoms with E-state index in [1.807, 2.05) is 6.92 Å². The van der Waals surface area contributed by atoms with Crippen LogP contribution in [0.3, 0.4) is 0 Å². The van der Waals surface area contributed by atoms with Gasteiger partial charge in [-0.25, -0.2) is 9.69 Å². The smallest absolute Gasteiger partial charge is 0.330 e. The van der Waals surface area contributed by atoms with Crippen molar-refractivity contribution >= 4 is 29.7 Å². The average molecular weight is 394 g/mol. The molecule has 0 saturated carbocycles. The summed E-state index contributed by atoms with van der Waals surface area (Å²) in [4.78, 5) is 43.2. The summed E-state index contributed by atoms with van der Waals surface area (Å²) in [6.07, 6.45) is 1.41. The topological polar surface area (TPSA) is 85.3 Å². The summed E-state index contributed by atoms with van der Waals surface area (Å²) >= 11 is 0. The minimum absolute atomic E-state index is 0.402. The largest absolute Gasteiger partial charge is 0.494 e. The summed E-state index contributed by atoms with van der Waals surface area (Å²) in [5.41, 5.74) is 1.42. The van der Waals surface area contributed by atoms with E-state index in [0.29, 0.717) is 29.2 Å². The number of hydrogen-bond donors (Lipinski definition) is 0. The Morgan fingerprint density at radius 2 is 1.86 bits per heavy atom. The number of methoxy groups -OCH3 is 1. The highest BCUT2D eigenvalue weighted by molar-refractivity contribution is 6.29. The highest BCUT2D eigenvalue weighted by atomic mass is 16.5. The maximum Gasteiger partial charge on any atom is 0.330 e. The lowest BCUT2D eigenvalue weighted by molar-refractivity contribution is -0.141. The van der Waals surface area contributed by atoms with Gasteiger partial charge in [0.2, 0.25) is 5.91 Å². The van der Waals surface area contributed by atoms with Gasteiger partial charge in [0.15, 0.2) is 0 Å². The Kier molecular flexibility index (Phi) is 6.07. The average Bonchev–Trinajstić information content (AvgIpc) is 2.74. The van der Waals surface area contributed by atoms with Crippen LogP contribution < -0.4 is 9.64 Å². The molecule has 2 atom stereocenters. The number of benzene rings is 2. The number of aliphatic imine (C=N–C) groups is 1. The lowest BCUT2D eigenvalue weighted by Gasteiger charge is -2.31. The van der Waals surface area contributed by atoms with Crippen LogP contribution in [0.25, 0.3) is 0 Å². The second kappa shape index (κ2) is 8.68. The van der Waals surface area contributed by atoms with Gasteiger partial charge in [0, 0.05) is 11.8 Å². The zero-order valence-electron chi connectivity index (χ0n) is 16.5. The fourth-order valence-corrected chi connectivity index (χ4v) is 3.15. The van der Waals surface area contributed by atoms with Gasteiger partial charge in [-0.05, 0) is 49.7 Å². The van der Waals surface area contributed by atoms with E-state index >= 15 is 0 Å². The van der Waals surface area contributed by atoms with E-state index in [1.165, 1.54) is 13.3 Å². The highest BCUT2D eigenvalue weighted by Crippen LogP contribution is 2.32. The van der Waals surface area contributed by atoms with E-state index in [2.05, 4.69) is 9.73 Å². The van der Waals surface area contributed by atoms with Crippen LogP contribution in [0.5, 0.6) is 5.75 Å². The summed E-state index contributed by atoms with van der Waals surface area (Å²) in [6, 6.07) is 12.9. The molecule has 7 heteroatoms. The van der Waals surface area contributed by atoms with E-state index < -0.39 is 29.7 Å². The fraction of sp³-hybridized carbons (Fsp3) is 0.273. The number of esters is 1. The van der Waals surface area contributed by atoms with Gasteiger partial charge in [0.1, 0.15) is 11.8 Å². The molecule has 0 N–H and O–H groups in total. The third kappa shape index (κ3) is 4.03. The van der Waals surface area contributed by atoms with Crippen LogP contribution in [-0.4, -0.2) is 43.8 Å². The van der Waals surface area contributed by atoms with Crippen molar-refractivity contribution in [1.29, 1.82) is 0 Å². The summed E-state index contributed by atoms with van der Waals surface area (Å²) < 4.78 is 10.1. The van der Waals surface area contributed by atoms with Gasteiger partial charge in [0.25, 0.3) is 5.91 Å². The van der Waals surface area contributed by atoms with Crippen LogP contribution in [-0.2, 0) is 14.3 Å². The zero-order valence-corrected chi connectivity index (χ0v) is 16.5. The number of nitrogens with zero attached hydrogens (tertiary/aromatic N) is 2. The van der Waals surface area contributed by atoms with Crippen molar-refractivity contribution in [3.05, 3.63) is 59.7 Å². The number of carbonyl (C=O) groups excluding carboxylic acids is 3. The van der Waals surface area contributed by atoms with Crippen molar-refractivity contribution in [3.63, 3.8) is 0 Å². The van der Waals surface area contributed by atoms with Gasteiger partial charge in [0.05, 0.1) is 25.3 Å². The van der Waals surface area contributed by atoms with Crippen LogP contribution in [0.15, 0.2) is 53.5 Å². The standard InChI is InChI=1S/C22H22N2O5/c1-4-29-16-11-9-15(10-12-16)24-20(25)18-8-6-5-7-17(18)19(21(24)26)13-23-14(2)22(27)28-3/h5-14,19H,4H2,1-3H3/t14-,19+/m0/s1. The Hall–Kier alpha value is -3.48. The van der Waals surface area contributed by atoms with Crippen LogP contribution >= 0.6 is 0 Å². The Labute approximate surface area is 168 Å². The lowest BCUT2D eigenvalue weighted by atomic mass is 9.89. The number of amides is 2. The van der Waals surface area contributed by atoms with Crippen molar-refractivity contribution < 1.29 is 23.9 Å². The molecule has 0 spiro atoms. The van der Waals surface area contributed by atoms with Crippen molar-refractivity contribution in [2.24, 2.45) is 4.99 Å². The van der Waals surface area contributed by atoms with Gasteiger partial charge in [-0.1, -0.05) is 18.2 Å². The molecule has 7 nitrogen and oxygen atoms in total. The van der Waals surface area contributed by atoms with E-state index in [1.54, 1.807) is 55.5 Å². The molecular weight excluding hydrogens is 372 g/mol. The molecule has 3 rings (SSSR count). The first kappa shape index (κ1) is 20.3. The number of imide groups is 1. The molecule has 2 aromatic carbocycles. The maximum atomic E-state index is 13.2. The normalized spacial score (nSPS) is 17.2. The first-order chi connectivity index (χ1) is 14.0. The van der Waals surface area contributed by atoms with Crippen molar-refractivity contribution in [3.8, 4) is 5.75 Å². The first-order valence-corrected chi connectivity index (χ1v) is 9.29. The highest BCUT2D eigenvalue weighted by Gasteiger charge is 2.38. The predicted octanol–water partition coefficient (Wildman–Crippen LogP) is 2.99. The number of fused-ring (bicyclic) bond motifs is 1. The van der Waals surface area contributed by atoms with Crippen molar-refractivity contribution in [1.82, 2.24) is 0 Å². The summed E-state index contributed by atoms with van der Waals surface area (Å²) in [6.45, 7) is 3.98. The third-order valence-corrected chi connectivity index (χ3v) is 4.62. The molecule has 0 saturated heterocycles. The van der Waals surface area contributed by atoms with E-state index in [0.717, 1.165) is 4.90 Å². The second-order valence-electron chi connectivity index (χ2n) is 6.47. The van der Waals surface area contributed by atoms with Crippen LogP contribution in [0.1, 0.15) is 35.7 Å². The van der Waals surface area contributed by atoms with Crippen molar-refractivity contribution in [2.75, 3.05) is 18.6 Å². The van der Waals surface area contributed by atoms with E-state index in [4.69, 9.17) is 4.74 Å². The van der Waals surface area contributed by atoms with Crippen LogP contribution in [0.4, 0.5) is 5.69 Å². The zero-order chi connectivity index (χ0) is 21.0. The molecule has 150 valence electrons. The molecule has 29 heavy (non-hydrogen) atoms. The van der Waals surface area contributed by atoms with Gasteiger partial charge in [-0.15, -0.1) is 0 Å². The molecular formula is C22H22N2O5. The molecule has 2 aromatic rings. The second-order valence-corrected chi connectivity index (χ2v) is 6.47. The molecule has 1 heterocycles. The van der Waals surface area contributed by atoms with E-state index in [-0.39, 0.29) is 0 Å². The molecule has 2 amide bonds. The third-order valence-electron chi connectivity index (χ3n) is 4.62. The van der Waals surface area contributed by atoms with E-state index in [9.17, 15) is 14.4 Å². The molecule has 0 bridgehead atoms. The fourth-order valence-electron chi connectivity index (χ4n) is 3.15. The molecule has 1 aliphatic heterocycles. The number of hydrogen-bond acceptors (Lipinski definition) is 6. The number of anilines is 1. The number of ether oxygens (including phenoxy) is 2. The molecule has 0 fully saturated rings. The predicted molar refractivity (Wildman–Crippen MR) is 109 cm³/mol. The summed E-state index contributed by atoms with van der Waals surface area (Å²) in [5.74, 6) is -1.47. The Balaban J connectivity index is 2.00. The van der Waals surface area contributed by atoms with Crippen LogP contribution in [0.2, 0.25) is 0 Å². The van der Waals surface area contributed by atoms with Crippen molar-refractivity contribution in [2.45, 2.75) is 25.8 Å². The minimum Gasteiger partial charge on any atom is -0.494 e. The molecule has 0 aliphatic carbocycles. The SMILES string of the molecule is CCOc1ccc(N2C(=O)c3ccccc3[C@@H](C=N[C@@H](C)C(=O)OC)C2=O)cc1. The first-order valence-electron chi connectivity index (χ1n) is 9.29.